The van der Waals surface area contributed by atoms with Crippen LogP contribution in [0.25, 0.3) is 0 Å². The van der Waals surface area contributed by atoms with Crippen molar-refractivity contribution in [1.29, 1.82) is 0 Å². The van der Waals surface area contributed by atoms with Crippen molar-refractivity contribution in [2.75, 3.05) is 13.7 Å². The van der Waals surface area contributed by atoms with Gasteiger partial charge in [0.1, 0.15) is 11.5 Å². The molecule has 3 rings (SSSR count). The van der Waals surface area contributed by atoms with Crippen molar-refractivity contribution < 1.29 is 22.7 Å². The van der Waals surface area contributed by atoms with Crippen molar-refractivity contribution in [2.24, 2.45) is 5.92 Å². The largest absolute Gasteiger partial charge is 0.497 e. The second kappa shape index (κ2) is 8.75. The number of hydrogen-bond donors (Lipinski definition) is 1. The van der Waals surface area contributed by atoms with Crippen molar-refractivity contribution >= 4 is 16.0 Å². The first-order chi connectivity index (χ1) is 13.4. The Morgan fingerprint density at radius 3 is 2.43 bits per heavy atom. The number of sulfonamides is 1. The van der Waals surface area contributed by atoms with Crippen molar-refractivity contribution in [3.8, 4) is 11.5 Å². The molecule has 1 atom stereocenters. The number of ether oxygens (including phenoxy) is 2. The highest BCUT2D eigenvalue weighted by Crippen LogP contribution is 2.26. The Balaban J connectivity index is 1.62. The minimum absolute atomic E-state index is 0.0192. The predicted octanol–water partition coefficient (Wildman–Crippen LogP) is 3.09. The lowest BCUT2D eigenvalue weighted by Crippen LogP contribution is -2.34. The van der Waals surface area contributed by atoms with Crippen LogP contribution in [-0.4, -0.2) is 28.0 Å². The molecule has 0 aliphatic heterocycles. The highest BCUT2D eigenvalue weighted by atomic mass is 32.2. The molecular formula is C21H25NO5S. The number of nitrogens with one attached hydrogen (secondary N) is 1. The first-order valence-electron chi connectivity index (χ1n) is 9.40. The van der Waals surface area contributed by atoms with Crippen LogP contribution in [-0.2, 0) is 27.7 Å². The van der Waals surface area contributed by atoms with Gasteiger partial charge in [0.05, 0.1) is 17.9 Å². The molecule has 0 spiro atoms. The fourth-order valence-electron chi connectivity index (χ4n) is 3.25. The van der Waals surface area contributed by atoms with Gasteiger partial charge in [0.25, 0.3) is 0 Å². The zero-order valence-electron chi connectivity index (χ0n) is 16.1. The van der Waals surface area contributed by atoms with Crippen molar-refractivity contribution in [1.82, 2.24) is 4.72 Å². The molecule has 0 bridgehead atoms. The van der Waals surface area contributed by atoms with Gasteiger partial charge in [-0.2, -0.15) is 0 Å². The molecule has 2 aromatic rings. The van der Waals surface area contributed by atoms with Crippen LogP contribution in [0.5, 0.6) is 11.5 Å². The molecule has 2 aromatic carbocycles. The number of carbonyl (C=O) groups excluding carboxylic acids is 1. The highest BCUT2D eigenvalue weighted by Gasteiger charge is 2.23. The van der Waals surface area contributed by atoms with E-state index in [1.807, 2.05) is 19.1 Å². The van der Waals surface area contributed by atoms with Crippen LogP contribution in [0, 0.1) is 5.92 Å². The molecule has 1 aliphatic carbocycles. The lowest BCUT2D eigenvalue weighted by molar-refractivity contribution is -0.138. The van der Waals surface area contributed by atoms with E-state index in [0.717, 1.165) is 19.3 Å². The molecule has 0 heterocycles. The maximum Gasteiger partial charge on any atom is 0.315 e. The summed E-state index contributed by atoms with van der Waals surface area (Å²) in [5.74, 6) is 0.0876. The summed E-state index contributed by atoms with van der Waals surface area (Å²) >= 11 is 0. The van der Waals surface area contributed by atoms with Gasteiger partial charge in [0, 0.05) is 6.54 Å². The lowest BCUT2D eigenvalue weighted by Gasteiger charge is -2.15. The van der Waals surface area contributed by atoms with E-state index >= 15 is 0 Å². The fourth-order valence-corrected chi connectivity index (χ4v) is 4.34. The fraction of sp³-hybridized carbons (Fsp3) is 0.381. The summed E-state index contributed by atoms with van der Waals surface area (Å²) < 4.78 is 38.0. The summed E-state index contributed by atoms with van der Waals surface area (Å²) in [7, 11) is -2.20. The number of aryl methyl sites for hydroxylation is 2. The Labute approximate surface area is 165 Å². The van der Waals surface area contributed by atoms with Crippen LogP contribution < -0.4 is 14.2 Å². The molecule has 1 unspecified atom stereocenters. The predicted molar refractivity (Wildman–Crippen MR) is 106 cm³/mol. The van der Waals surface area contributed by atoms with E-state index in [0.29, 0.717) is 17.9 Å². The van der Waals surface area contributed by atoms with E-state index in [1.165, 1.54) is 30.4 Å². The zero-order chi connectivity index (χ0) is 20.1. The van der Waals surface area contributed by atoms with E-state index in [1.54, 1.807) is 18.2 Å². The smallest absolute Gasteiger partial charge is 0.315 e. The molecule has 0 fully saturated rings. The van der Waals surface area contributed by atoms with Crippen LogP contribution in [0.3, 0.4) is 0 Å². The van der Waals surface area contributed by atoms with Gasteiger partial charge in [-0.25, -0.2) is 13.1 Å². The summed E-state index contributed by atoms with van der Waals surface area (Å²) in [6.45, 7) is 1.81. The quantitative estimate of drug-likeness (QED) is 0.541. The van der Waals surface area contributed by atoms with Gasteiger partial charge in [-0.3, -0.25) is 4.79 Å². The normalized spacial score (nSPS) is 14.4. The first kappa shape index (κ1) is 20.4. The number of hydrogen-bond acceptors (Lipinski definition) is 5. The van der Waals surface area contributed by atoms with Gasteiger partial charge in [-0.1, -0.05) is 13.0 Å². The van der Waals surface area contributed by atoms with E-state index in [9.17, 15) is 13.2 Å². The molecule has 0 saturated heterocycles. The van der Waals surface area contributed by atoms with Crippen molar-refractivity contribution in [2.45, 2.75) is 37.5 Å². The van der Waals surface area contributed by atoms with Crippen LogP contribution in [0.4, 0.5) is 0 Å². The third-order valence-electron chi connectivity index (χ3n) is 5.00. The third-order valence-corrected chi connectivity index (χ3v) is 6.44. The molecule has 0 amide bonds. The molecular weight excluding hydrogens is 378 g/mol. The molecule has 150 valence electrons. The topological polar surface area (TPSA) is 81.7 Å². The van der Waals surface area contributed by atoms with Gasteiger partial charge in [-0.05, 0) is 73.2 Å². The summed E-state index contributed by atoms with van der Waals surface area (Å²) in [6.07, 6.45) is 3.65. The summed E-state index contributed by atoms with van der Waals surface area (Å²) in [4.78, 5) is 12.6. The average Bonchev–Trinajstić information content (AvgIpc) is 3.16. The van der Waals surface area contributed by atoms with Crippen LogP contribution in [0.1, 0.15) is 30.9 Å². The minimum Gasteiger partial charge on any atom is -0.497 e. The Hall–Kier alpha value is -2.38. The SMILES string of the molecule is CCC(CNS(=O)(=O)c1ccc(OC)cc1)C(=O)Oc1ccc2c(c1)CCC2. The van der Waals surface area contributed by atoms with Gasteiger partial charge in [-0.15, -0.1) is 0 Å². The molecule has 7 heteroatoms. The van der Waals surface area contributed by atoms with E-state index < -0.39 is 21.9 Å². The monoisotopic (exact) mass is 403 g/mol. The van der Waals surface area contributed by atoms with Crippen LogP contribution in [0.2, 0.25) is 0 Å². The van der Waals surface area contributed by atoms with E-state index in [4.69, 9.17) is 9.47 Å². The number of rotatable bonds is 8. The van der Waals surface area contributed by atoms with Crippen molar-refractivity contribution in [3.63, 3.8) is 0 Å². The van der Waals surface area contributed by atoms with Gasteiger partial charge < -0.3 is 9.47 Å². The number of benzene rings is 2. The van der Waals surface area contributed by atoms with Gasteiger partial charge in [0.2, 0.25) is 10.0 Å². The number of fused-ring (bicyclic) bond motifs is 1. The summed E-state index contributed by atoms with van der Waals surface area (Å²) in [5, 5.41) is 0. The summed E-state index contributed by atoms with van der Waals surface area (Å²) in [6, 6.07) is 11.8. The highest BCUT2D eigenvalue weighted by molar-refractivity contribution is 7.89. The molecule has 0 aromatic heterocycles. The van der Waals surface area contributed by atoms with Crippen molar-refractivity contribution in [3.05, 3.63) is 53.6 Å². The molecule has 1 N–H and O–H groups in total. The molecule has 0 radical (unpaired) electrons. The Kier molecular flexibility index (Phi) is 6.36. The lowest BCUT2D eigenvalue weighted by atomic mass is 10.1. The maximum absolute atomic E-state index is 12.5. The minimum atomic E-state index is -3.72. The Bertz CT molecular complexity index is 938. The Morgan fingerprint density at radius 2 is 1.75 bits per heavy atom. The third kappa shape index (κ3) is 4.72. The maximum atomic E-state index is 12.5. The summed E-state index contributed by atoms with van der Waals surface area (Å²) in [5.41, 5.74) is 2.53. The van der Waals surface area contributed by atoms with Crippen LogP contribution >= 0.6 is 0 Å². The van der Waals surface area contributed by atoms with Gasteiger partial charge >= 0.3 is 5.97 Å². The first-order valence-corrected chi connectivity index (χ1v) is 10.9. The number of carbonyl (C=O) groups is 1. The molecule has 1 aliphatic rings. The number of esters is 1. The zero-order valence-corrected chi connectivity index (χ0v) is 16.9. The van der Waals surface area contributed by atoms with Crippen LogP contribution in [0.15, 0.2) is 47.4 Å². The Morgan fingerprint density at radius 1 is 1.07 bits per heavy atom. The van der Waals surface area contributed by atoms with E-state index in [2.05, 4.69) is 4.72 Å². The van der Waals surface area contributed by atoms with Gasteiger partial charge in [0.15, 0.2) is 0 Å². The molecule has 28 heavy (non-hydrogen) atoms. The van der Waals surface area contributed by atoms with E-state index in [-0.39, 0.29) is 11.4 Å². The second-order valence-corrected chi connectivity index (χ2v) is 8.60. The molecule has 0 saturated carbocycles. The average molecular weight is 404 g/mol. The second-order valence-electron chi connectivity index (χ2n) is 6.84. The molecule has 6 nitrogen and oxygen atoms in total. The number of methoxy groups -OCH3 is 1. The standard InChI is InChI=1S/C21H25NO5S/c1-3-15(14-22-28(24,25)20-11-9-18(26-2)10-12-20)21(23)27-19-8-7-16-5-4-6-17(16)13-19/h7-13,15,22H,3-6,14H2,1-2H3.